The number of carbonyl (C=O) groups excluding carboxylic acids is 2. The van der Waals surface area contributed by atoms with Gasteiger partial charge < -0.3 is 4.74 Å². The number of carbonyl (C=O) groups is 2. The van der Waals surface area contributed by atoms with Gasteiger partial charge in [-0.2, -0.15) is 0 Å². The summed E-state index contributed by atoms with van der Waals surface area (Å²) in [7, 11) is 1.32. The molecule has 0 bridgehead atoms. The smallest absolute Gasteiger partial charge is 0.337 e. The number of esters is 1. The largest absolute Gasteiger partial charge is 0.465 e. The minimum absolute atomic E-state index is 0.106. The molecule has 0 aromatic heterocycles. The Hall–Kier alpha value is -1.95. The van der Waals surface area contributed by atoms with E-state index in [1.807, 2.05) is 24.3 Å². The van der Waals surface area contributed by atoms with Crippen molar-refractivity contribution in [2.75, 3.05) is 7.11 Å². The van der Waals surface area contributed by atoms with E-state index in [0.717, 1.165) is 9.13 Å². The number of halogens is 1. The molecule has 0 saturated carbocycles. The van der Waals surface area contributed by atoms with Crippen molar-refractivity contribution in [3.8, 4) is 0 Å². The average molecular weight is 392 g/mol. The second kappa shape index (κ2) is 7.17. The molecule has 0 atom stereocenters. The molecule has 0 fully saturated rings. The lowest BCUT2D eigenvalue weighted by atomic mass is 10.1. The highest BCUT2D eigenvalue weighted by molar-refractivity contribution is 14.1. The van der Waals surface area contributed by atoms with Crippen LogP contribution in [-0.2, 0) is 4.74 Å². The van der Waals surface area contributed by atoms with E-state index in [2.05, 4.69) is 27.3 Å². The first kappa shape index (κ1) is 15.4. The number of hydrogen-bond donors (Lipinski definition) is 0. The van der Waals surface area contributed by atoms with Crippen molar-refractivity contribution in [1.29, 1.82) is 0 Å². The van der Waals surface area contributed by atoms with Gasteiger partial charge in [0, 0.05) is 9.13 Å². The van der Waals surface area contributed by atoms with Crippen LogP contribution in [0.25, 0.3) is 6.08 Å². The van der Waals surface area contributed by atoms with Crippen molar-refractivity contribution >= 4 is 40.4 Å². The number of hydrogen-bond acceptors (Lipinski definition) is 3. The molecule has 2 rings (SSSR count). The lowest BCUT2D eigenvalue weighted by molar-refractivity contribution is 0.0600. The van der Waals surface area contributed by atoms with Gasteiger partial charge in [-0.3, -0.25) is 4.79 Å². The van der Waals surface area contributed by atoms with Crippen LogP contribution in [0, 0.1) is 3.57 Å². The molecule has 106 valence electrons. The Morgan fingerprint density at radius 1 is 1.05 bits per heavy atom. The molecular weight excluding hydrogens is 379 g/mol. The summed E-state index contributed by atoms with van der Waals surface area (Å²) in [6, 6.07) is 14.3. The van der Waals surface area contributed by atoms with Crippen molar-refractivity contribution in [3.63, 3.8) is 0 Å². The van der Waals surface area contributed by atoms with Gasteiger partial charge in [-0.25, -0.2) is 4.79 Å². The average Bonchev–Trinajstić information content (AvgIpc) is 2.52. The SMILES string of the molecule is COC(=O)c1ccc(C(=O)C=Cc2cccc(I)c2)cc1. The molecule has 21 heavy (non-hydrogen) atoms. The van der Waals surface area contributed by atoms with Gasteiger partial charge >= 0.3 is 5.97 Å². The van der Waals surface area contributed by atoms with Crippen LogP contribution < -0.4 is 0 Å². The monoisotopic (exact) mass is 392 g/mol. The molecule has 0 heterocycles. The highest BCUT2D eigenvalue weighted by Crippen LogP contribution is 2.11. The van der Waals surface area contributed by atoms with Crippen LogP contribution in [0.2, 0.25) is 0 Å². The zero-order chi connectivity index (χ0) is 15.2. The van der Waals surface area contributed by atoms with Crippen LogP contribution in [0.15, 0.2) is 54.6 Å². The third-order valence-electron chi connectivity index (χ3n) is 2.87. The van der Waals surface area contributed by atoms with E-state index < -0.39 is 5.97 Å². The van der Waals surface area contributed by atoms with Gasteiger partial charge in [-0.15, -0.1) is 0 Å². The summed E-state index contributed by atoms with van der Waals surface area (Å²) in [5.74, 6) is -0.520. The van der Waals surface area contributed by atoms with E-state index in [1.165, 1.54) is 13.2 Å². The van der Waals surface area contributed by atoms with Gasteiger partial charge in [-0.05, 0) is 58.5 Å². The molecule has 0 N–H and O–H groups in total. The predicted octanol–water partition coefficient (Wildman–Crippen LogP) is 3.97. The van der Waals surface area contributed by atoms with Gasteiger partial charge in [-0.1, -0.05) is 30.3 Å². The fourth-order valence-electron chi connectivity index (χ4n) is 1.77. The fourth-order valence-corrected chi connectivity index (χ4v) is 2.33. The molecule has 0 saturated heterocycles. The Kier molecular flexibility index (Phi) is 5.27. The Balaban J connectivity index is 2.11. The molecule has 0 aliphatic rings. The first-order valence-electron chi connectivity index (χ1n) is 6.26. The lowest BCUT2D eigenvalue weighted by Gasteiger charge is -2.00. The van der Waals surface area contributed by atoms with Crippen molar-refractivity contribution in [2.45, 2.75) is 0 Å². The number of benzene rings is 2. The highest BCUT2D eigenvalue weighted by atomic mass is 127. The van der Waals surface area contributed by atoms with Gasteiger partial charge in [0.2, 0.25) is 0 Å². The van der Waals surface area contributed by atoms with Crippen LogP contribution in [-0.4, -0.2) is 18.9 Å². The third kappa shape index (κ3) is 4.26. The molecule has 0 spiro atoms. The molecule has 0 radical (unpaired) electrons. The minimum Gasteiger partial charge on any atom is -0.465 e. The van der Waals surface area contributed by atoms with Crippen molar-refractivity contribution in [2.24, 2.45) is 0 Å². The van der Waals surface area contributed by atoms with Crippen LogP contribution in [0.1, 0.15) is 26.3 Å². The van der Waals surface area contributed by atoms with E-state index in [4.69, 9.17) is 0 Å². The second-order valence-corrected chi connectivity index (χ2v) is 5.57. The molecule has 2 aromatic rings. The number of ether oxygens (including phenoxy) is 1. The molecule has 3 nitrogen and oxygen atoms in total. The summed E-state index contributed by atoms with van der Waals surface area (Å²) in [4.78, 5) is 23.4. The van der Waals surface area contributed by atoms with Crippen LogP contribution in [0.5, 0.6) is 0 Å². The zero-order valence-electron chi connectivity index (χ0n) is 11.4. The summed E-state index contributed by atoms with van der Waals surface area (Å²) in [5, 5.41) is 0. The van der Waals surface area contributed by atoms with E-state index in [-0.39, 0.29) is 5.78 Å². The van der Waals surface area contributed by atoms with Gasteiger partial charge in [0.25, 0.3) is 0 Å². The normalized spacial score (nSPS) is 10.6. The quantitative estimate of drug-likeness (QED) is 0.342. The number of allylic oxidation sites excluding steroid dienone is 1. The fraction of sp³-hybridized carbons (Fsp3) is 0.0588. The second-order valence-electron chi connectivity index (χ2n) is 4.32. The molecular formula is C17H13IO3. The Bertz CT molecular complexity index is 687. The summed E-state index contributed by atoms with van der Waals surface area (Å²) < 4.78 is 5.73. The molecule has 0 unspecified atom stereocenters. The van der Waals surface area contributed by atoms with E-state index in [1.54, 1.807) is 30.3 Å². The summed E-state index contributed by atoms with van der Waals surface area (Å²) in [5.41, 5.74) is 1.93. The van der Waals surface area contributed by atoms with Gasteiger partial charge in [0.05, 0.1) is 12.7 Å². The maximum atomic E-state index is 12.0. The van der Waals surface area contributed by atoms with E-state index in [9.17, 15) is 9.59 Å². The summed E-state index contributed by atoms with van der Waals surface area (Å²) in [6.07, 6.45) is 3.30. The maximum absolute atomic E-state index is 12.0. The van der Waals surface area contributed by atoms with Gasteiger partial charge in [0.1, 0.15) is 0 Å². The van der Waals surface area contributed by atoms with Crippen LogP contribution >= 0.6 is 22.6 Å². The van der Waals surface area contributed by atoms with Crippen LogP contribution in [0.4, 0.5) is 0 Å². The van der Waals surface area contributed by atoms with Crippen molar-refractivity contribution in [3.05, 3.63) is 74.9 Å². The predicted molar refractivity (Wildman–Crippen MR) is 90.3 cm³/mol. The molecule has 0 aliphatic heterocycles. The lowest BCUT2D eigenvalue weighted by Crippen LogP contribution is -2.02. The highest BCUT2D eigenvalue weighted by Gasteiger charge is 2.06. The zero-order valence-corrected chi connectivity index (χ0v) is 13.5. The van der Waals surface area contributed by atoms with Gasteiger partial charge in [0.15, 0.2) is 5.78 Å². The molecule has 0 amide bonds. The first-order chi connectivity index (χ1) is 10.1. The number of ketones is 1. The molecule has 0 aliphatic carbocycles. The van der Waals surface area contributed by atoms with Crippen molar-refractivity contribution < 1.29 is 14.3 Å². The first-order valence-corrected chi connectivity index (χ1v) is 7.34. The number of rotatable bonds is 4. The minimum atomic E-state index is -0.414. The number of methoxy groups -OCH3 is 1. The molecule has 4 heteroatoms. The summed E-state index contributed by atoms with van der Waals surface area (Å²) in [6.45, 7) is 0. The van der Waals surface area contributed by atoms with Crippen molar-refractivity contribution in [1.82, 2.24) is 0 Å². The topological polar surface area (TPSA) is 43.4 Å². The van der Waals surface area contributed by atoms with E-state index >= 15 is 0 Å². The van der Waals surface area contributed by atoms with Crippen LogP contribution in [0.3, 0.4) is 0 Å². The summed E-state index contributed by atoms with van der Waals surface area (Å²) >= 11 is 2.22. The molecule has 2 aromatic carbocycles. The standard InChI is InChI=1S/C17H13IO3/c1-21-17(20)14-8-6-13(7-9-14)16(19)10-5-12-3-2-4-15(18)11-12/h2-11H,1H3. The van der Waals surface area contributed by atoms with E-state index in [0.29, 0.717) is 11.1 Å². The third-order valence-corrected chi connectivity index (χ3v) is 3.54. The Morgan fingerprint density at radius 2 is 1.71 bits per heavy atom. The Morgan fingerprint density at radius 3 is 2.33 bits per heavy atom. The maximum Gasteiger partial charge on any atom is 0.337 e. The Labute approximate surface area is 136 Å².